The summed E-state index contributed by atoms with van der Waals surface area (Å²) in [5, 5.41) is 17.7. The SMILES string of the molecule is Cc1cccc(C)c1OCC(=O)N[C@@H](Cc1ccccc1)CC(O)[C@H](Cc1ccccc1)NC(=O)[C@@H]1CN(c2ccccc2)C(=O)O1. The van der Waals surface area contributed by atoms with Crippen LogP contribution in [-0.2, 0) is 27.2 Å². The molecule has 0 saturated carbocycles. The molecule has 1 unspecified atom stereocenters. The van der Waals surface area contributed by atoms with E-state index in [1.807, 2.05) is 111 Å². The molecule has 0 spiro atoms. The van der Waals surface area contributed by atoms with Crippen molar-refractivity contribution in [3.05, 3.63) is 131 Å². The normalized spacial score (nSPS) is 16.1. The van der Waals surface area contributed by atoms with Crippen LogP contribution in [0.15, 0.2) is 109 Å². The summed E-state index contributed by atoms with van der Waals surface area (Å²) in [5.74, 6) is -0.142. The van der Waals surface area contributed by atoms with Gasteiger partial charge in [0, 0.05) is 11.7 Å². The number of carbonyl (C=O) groups is 3. The third-order valence-corrected chi connectivity index (χ3v) is 8.24. The average Bonchev–Trinajstić information content (AvgIpc) is 3.47. The maximum atomic E-state index is 13.5. The van der Waals surface area contributed by atoms with Crippen molar-refractivity contribution < 1.29 is 29.0 Å². The molecule has 0 aromatic heterocycles. The molecule has 47 heavy (non-hydrogen) atoms. The summed E-state index contributed by atoms with van der Waals surface area (Å²) in [6.07, 6.45) is -1.75. The number of nitrogens with one attached hydrogen (secondary N) is 2. The number of aliphatic hydroxyl groups is 1. The highest BCUT2D eigenvalue weighted by atomic mass is 16.6. The highest BCUT2D eigenvalue weighted by Crippen LogP contribution is 2.23. The van der Waals surface area contributed by atoms with Crippen molar-refractivity contribution >= 4 is 23.6 Å². The first-order chi connectivity index (χ1) is 22.8. The van der Waals surface area contributed by atoms with Gasteiger partial charge in [-0.05, 0) is 67.5 Å². The zero-order valence-electron chi connectivity index (χ0n) is 26.7. The largest absolute Gasteiger partial charge is 0.483 e. The van der Waals surface area contributed by atoms with E-state index >= 15 is 0 Å². The number of para-hydroxylation sites is 2. The van der Waals surface area contributed by atoms with E-state index in [1.54, 1.807) is 12.1 Å². The summed E-state index contributed by atoms with van der Waals surface area (Å²) in [5.41, 5.74) is 4.41. The van der Waals surface area contributed by atoms with Crippen LogP contribution in [0.1, 0.15) is 28.7 Å². The molecule has 4 aromatic rings. The molecule has 1 heterocycles. The topological polar surface area (TPSA) is 117 Å². The number of ether oxygens (including phenoxy) is 2. The van der Waals surface area contributed by atoms with Gasteiger partial charge in [-0.15, -0.1) is 0 Å². The van der Waals surface area contributed by atoms with Gasteiger partial charge in [-0.25, -0.2) is 4.79 Å². The van der Waals surface area contributed by atoms with Gasteiger partial charge in [-0.2, -0.15) is 0 Å². The third kappa shape index (κ3) is 9.20. The Morgan fingerprint density at radius 3 is 2.02 bits per heavy atom. The summed E-state index contributed by atoms with van der Waals surface area (Å²) in [7, 11) is 0. The van der Waals surface area contributed by atoms with Gasteiger partial charge in [-0.3, -0.25) is 14.5 Å². The first-order valence-corrected chi connectivity index (χ1v) is 15.8. The van der Waals surface area contributed by atoms with E-state index in [9.17, 15) is 19.5 Å². The van der Waals surface area contributed by atoms with Gasteiger partial charge in [-0.1, -0.05) is 97.1 Å². The fraction of sp³-hybridized carbons (Fsp3) is 0.289. The van der Waals surface area contributed by atoms with Crippen LogP contribution in [0.25, 0.3) is 0 Å². The monoisotopic (exact) mass is 635 g/mol. The Hall–Kier alpha value is -5.15. The minimum Gasteiger partial charge on any atom is -0.483 e. The van der Waals surface area contributed by atoms with E-state index in [0.29, 0.717) is 24.3 Å². The summed E-state index contributed by atoms with van der Waals surface area (Å²) in [6.45, 7) is 3.74. The number of hydrogen-bond acceptors (Lipinski definition) is 6. The molecule has 1 saturated heterocycles. The molecule has 244 valence electrons. The standard InChI is InChI=1S/C38H41N3O6/c1-26-13-12-14-27(2)36(26)46-25-35(43)39-30(21-28-15-6-3-7-16-28)23-33(42)32(22-29-17-8-4-9-18-29)40-37(44)34-24-41(38(45)47-34)31-19-10-5-11-20-31/h3-20,30,32-34,42H,21-25H2,1-2H3,(H,39,43)(H,40,44)/t30-,32-,33?,34-/m0/s1. The van der Waals surface area contributed by atoms with Gasteiger partial charge in [0.15, 0.2) is 12.7 Å². The van der Waals surface area contributed by atoms with E-state index in [4.69, 9.17) is 9.47 Å². The summed E-state index contributed by atoms with van der Waals surface area (Å²) < 4.78 is 11.3. The lowest BCUT2D eigenvalue weighted by Gasteiger charge is -2.29. The van der Waals surface area contributed by atoms with Gasteiger partial charge >= 0.3 is 6.09 Å². The highest BCUT2D eigenvalue weighted by Gasteiger charge is 2.38. The average molecular weight is 636 g/mol. The van der Waals surface area contributed by atoms with Crippen LogP contribution in [-0.4, -0.2) is 60.5 Å². The molecule has 1 aliphatic rings. The van der Waals surface area contributed by atoms with Crippen LogP contribution >= 0.6 is 0 Å². The minimum atomic E-state index is -1.05. The van der Waals surface area contributed by atoms with E-state index in [0.717, 1.165) is 22.3 Å². The number of nitrogens with zero attached hydrogens (tertiary/aromatic N) is 1. The maximum Gasteiger partial charge on any atom is 0.415 e. The first kappa shape index (κ1) is 33.2. The van der Waals surface area contributed by atoms with Crippen molar-refractivity contribution in [2.45, 2.75) is 57.4 Å². The Morgan fingerprint density at radius 1 is 0.830 bits per heavy atom. The Kier molecular flexibility index (Phi) is 11.2. The predicted molar refractivity (Wildman–Crippen MR) is 180 cm³/mol. The number of aliphatic hydroxyl groups excluding tert-OH is 1. The Bertz CT molecular complexity index is 1610. The Morgan fingerprint density at radius 2 is 1.40 bits per heavy atom. The number of cyclic esters (lactones) is 1. The molecule has 0 aliphatic carbocycles. The predicted octanol–water partition coefficient (Wildman–Crippen LogP) is 4.91. The van der Waals surface area contributed by atoms with Crippen LogP contribution in [0.3, 0.4) is 0 Å². The molecule has 5 rings (SSSR count). The quantitative estimate of drug-likeness (QED) is 0.181. The van der Waals surface area contributed by atoms with Gasteiger partial charge in [0.2, 0.25) is 0 Å². The van der Waals surface area contributed by atoms with Crippen LogP contribution in [0.5, 0.6) is 5.75 Å². The number of hydrogen-bond donors (Lipinski definition) is 3. The van der Waals surface area contributed by atoms with E-state index in [-0.39, 0.29) is 25.5 Å². The maximum absolute atomic E-state index is 13.5. The molecule has 9 heteroatoms. The second kappa shape index (κ2) is 15.9. The second-order valence-corrected chi connectivity index (χ2v) is 11.9. The molecule has 1 aliphatic heterocycles. The minimum absolute atomic E-state index is 0.0515. The second-order valence-electron chi connectivity index (χ2n) is 11.9. The molecule has 1 fully saturated rings. The Labute approximate surface area is 275 Å². The van der Waals surface area contributed by atoms with E-state index < -0.39 is 36.3 Å². The number of amides is 3. The van der Waals surface area contributed by atoms with Crippen molar-refractivity contribution in [1.29, 1.82) is 0 Å². The van der Waals surface area contributed by atoms with E-state index in [1.165, 1.54) is 4.90 Å². The molecular formula is C38H41N3O6. The van der Waals surface area contributed by atoms with Gasteiger partial charge in [0.1, 0.15) is 5.75 Å². The van der Waals surface area contributed by atoms with Crippen LogP contribution in [0, 0.1) is 13.8 Å². The van der Waals surface area contributed by atoms with Crippen LogP contribution in [0.2, 0.25) is 0 Å². The summed E-state index contributed by atoms with van der Waals surface area (Å²) in [4.78, 5) is 40.7. The van der Waals surface area contributed by atoms with E-state index in [2.05, 4.69) is 10.6 Å². The Balaban J connectivity index is 1.29. The molecule has 4 aromatic carbocycles. The van der Waals surface area contributed by atoms with Crippen molar-refractivity contribution in [2.24, 2.45) is 0 Å². The molecule has 9 nitrogen and oxygen atoms in total. The van der Waals surface area contributed by atoms with Gasteiger partial charge in [0.25, 0.3) is 11.8 Å². The molecule has 0 bridgehead atoms. The zero-order valence-corrected chi connectivity index (χ0v) is 26.7. The molecule has 3 amide bonds. The fourth-order valence-electron chi connectivity index (χ4n) is 5.83. The number of carbonyl (C=O) groups excluding carboxylic acids is 3. The lowest BCUT2D eigenvalue weighted by molar-refractivity contribution is -0.129. The number of aryl methyl sites for hydroxylation is 2. The van der Waals surface area contributed by atoms with Gasteiger partial charge in [0.05, 0.1) is 18.7 Å². The lowest BCUT2D eigenvalue weighted by Crippen LogP contribution is -2.51. The summed E-state index contributed by atoms with van der Waals surface area (Å²) in [6, 6.07) is 32.9. The summed E-state index contributed by atoms with van der Waals surface area (Å²) >= 11 is 0. The molecule has 4 atom stereocenters. The fourth-order valence-corrected chi connectivity index (χ4v) is 5.83. The number of benzene rings is 4. The first-order valence-electron chi connectivity index (χ1n) is 15.8. The zero-order chi connectivity index (χ0) is 33.2. The van der Waals surface area contributed by atoms with Crippen molar-refractivity contribution in [2.75, 3.05) is 18.1 Å². The van der Waals surface area contributed by atoms with Crippen molar-refractivity contribution in [3.63, 3.8) is 0 Å². The van der Waals surface area contributed by atoms with Crippen LogP contribution in [0.4, 0.5) is 10.5 Å². The van der Waals surface area contributed by atoms with Crippen molar-refractivity contribution in [1.82, 2.24) is 10.6 Å². The molecule has 0 radical (unpaired) electrons. The smallest absolute Gasteiger partial charge is 0.415 e. The highest BCUT2D eigenvalue weighted by molar-refractivity contribution is 5.95. The molecular weight excluding hydrogens is 594 g/mol. The number of anilines is 1. The molecule has 3 N–H and O–H groups in total. The number of rotatable bonds is 14. The lowest BCUT2D eigenvalue weighted by atomic mass is 9.93. The van der Waals surface area contributed by atoms with Crippen LogP contribution < -0.4 is 20.3 Å². The van der Waals surface area contributed by atoms with Crippen molar-refractivity contribution in [3.8, 4) is 5.75 Å². The van der Waals surface area contributed by atoms with Gasteiger partial charge < -0.3 is 25.2 Å². The third-order valence-electron chi connectivity index (χ3n) is 8.24.